The fraction of sp³-hybridized carbons (Fsp3) is 0.500. The van der Waals surface area contributed by atoms with Crippen molar-refractivity contribution in [2.75, 3.05) is 12.3 Å². The lowest BCUT2D eigenvalue weighted by molar-refractivity contribution is 0.394. The molecule has 1 atom stereocenters. The van der Waals surface area contributed by atoms with Gasteiger partial charge in [-0.1, -0.05) is 6.42 Å². The van der Waals surface area contributed by atoms with Gasteiger partial charge in [0.2, 0.25) is 0 Å². The summed E-state index contributed by atoms with van der Waals surface area (Å²) < 4.78 is 1.76. The van der Waals surface area contributed by atoms with Crippen molar-refractivity contribution in [2.24, 2.45) is 0 Å². The minimum absolute atomic E-state index is 0.516. The zero-order valence-corrected chi connectivity index (χ0v) is 9.76. The minimum atomic E-state index is 0.516. The Labute approximate surface area is 100 Å². The van der Waals surface area contributed by atoms with E-state index in [1.807, 2.05) is 18.3 Å². The van der Waals surface area contributed by atoms with Crippen LogP contribution in [-0.2, 0) is 6.42 Å². The summed E-state index contributed by atoms with van der Waals surface area (Å²) in [5.41, 5.74) is 7.31. The summed E-state index contributed by atoms with van der Waals surface area (Å²) in [5.74, 6) is 0.877. The SMILES string of the molecule is Nc1cccn2nc(CC3CCCCN3)nc12. The van der Waals surface area contributed by atoms with Crippen LogP contribution in [0.5, 0.6) is 0 Å². The summed E-state index contributed by atoms with van der Waals surface area (Å²) in [5, 5.41) is 7.96. The van der Waals surface area contributed by atoms with Crippen molar-refractivity contribution >= 4 is 11.3 Å². The van der Waals surface area contributed by atoms with Crippen LogP contribution in [0.4, 0.5) is 5.69 Å². The van der Waals surface area contributed by atoms with E-state index in [0.29, 0.717) is 11.7 Å². The third kappa shape index (κ3) is 2.10. The molecule has 2 aromatic rings. The van der Waals surface area contributed by atoms with Crippen molar-refractivity contribution in [3.8, 4) is 0 Å². The fourth-order valence-corrected chi connectivity index (χ4v) is 2.38. The first-order valence-electron chi connectivity index (χ1n) is 6.16. The van der Waals surface area contributed by atoms with Crippen molar-refractivity contribution < 1.29 is 0 Å². The number of nitrogen functional groups attached to an aromatic ring is 1. The first-order valence-corrected chi connectivity index (χ1v) is 6.16. The molecule has 17 heavy (non-hydrogen) atoms. The summed E-state index contributed by atoms with van der Waals surface area (Å²) in [7, 11) is 0. The summed E-state index contributed by atoms with van der Waals surface area (Å²) in [6.07, 6.45) is 6.57. The van der Waals surface area contributed by atoms with E-state index in [1.165, 1.54) is 19.3 Å². The average Bonchev–Trinajstić information content (AvgIpc) is 2.74. The molecule has 0 radical (unpaired) electrons. The predicted molar refractivity (Wildman–Crippen MR) is 66.7 cm³/mol. The van der Waals surface area contributed by atoms with Gasteiger partial charge < -0.3 is 11.1 Å². The normalized spacial score (nSPS) is 20.8. The van der Waals surface area contributed by atoms with Crippen LogP contribution < -0.4 is 11.1 Å². The molecule has 5 heteroatoms. The number of piperidine rings is 1. The minimum Gasteiger partial charge on any atom is -0.396 e. The zero-order valence-electron chi connectivity index (χ0n) is 9.76. The number of hydrogen-bond donors (Lipinski definition) is 2. The van der Waals surface area contributed by atoms with Gasteiger partial charge in [0.15, 0.2) is 11.5 Å². The molecule has 5 nitrogen and oxygen atoms in total. The fourth-order valence-electron chi connectivity index (χ4n) is 2.38. The van der Waals surface area contributed by atoms with Crippen LogP contribution in [0.2, 0.25) is 0 Å². The number of nitrogens with zero attached hydrogens (tertiary/aromatic N) is 3. The highest BCUT2D eigenvalue weighted by molar-refractivity contribution is 5.63. The zero-order chi connectivity index (χ0) is 11.7. The van der Waals surface area contributed by atoms with E-state index >= 15 is 0 Å². The highest BCUT2D eigenvalue weighted by Crippen LogP contribution is 2.14. The first-order chi connectivity index (χ1) is 8.33. The second kappa shape index (κ2) is 4.33. The Morgan fingerprint density at radius 3 is 3.18 bits per heavy atom. The van der Waals surface area contributed by atoms with Gasteiger partial charge in [0, 0.05) is 18.7 Å². The highest BCUT2D eigenvalue weighted by Gasteiger charge is 2.16. The average molecular weight is 231 g/mol. The van der Waals surface area contributed by atoms with Gasteiger partial charge in [0.05, 0.1) is 5.69 Å². The van der Waals surface area contributed by atoms with Gasteiger partial charge in [-0.15, -0.1) is 0 Å². The van der Waals surface area contributed by atoms with E-state index in [-0.39, 0.29) is 0 Å². The van der Waals surface area contributed by atoms with Crippen LogP contribution in [-0.4, -0.2) is 27.2 Å². The molecule has 1 fully saturated rings. The number of aromatic nitrogens is 3. The van der Waals surface area contributed by atoms with Crippen LogP contribution in [0, 0.1) is 0 Å². The van der Waals surface area contributed by atoms with Gasteiger partial charge in [-0.2, -0.15) is 5.10 Å². The number of anilines is 1. The smallest absolute Gasteiger partial charge is 0.178 e. The maximum absolute atomic E-state index is 5.86. The van der Waals surface area contributed by atoms with E-state index < -0.39 is 0 Å². The number of nitrogens with one attached hydrogen (secondary N) is 1. The maximum atomic E-state index is 5.86. The van der Waals surface area contributed by atoms with E-state index in [1.54, 1.807) is 4.52 Å². The molecule has 0 aromatic carbocycles. The summed E-state index contributed by atoms with van der Waals surface area (Å²) in [4.78, 5) is 4.49. The van der Waals surface area contributed by atoms with Crippen LogP contribution in [0.15, 0.2) is 18.3 Å². The number of fused-ring (bicyclic) bond motifs is 1. The Bertz CT molecular complexity index is 513. The van der Waals surface area contributed by atoms with Gasteiger partial charge >= 0.3 is 0 Å². The maximum Gasteiger partial charge on any atom is 0.178 e. The Morgan fingerprint density at radius 2 is 2.41 bits per heavy atom. The molecule has 90 valence electrons. The van der Waals surface area contributed by atoms with Crippen LogP contribution in [0.1, 0.15) is 25.1 Å². The molecule has 0 amide bonds. The molecule has 0 spiro atoms. The van der Waals surface area contributed by atoms with Crippen LogP contribution in [0.25, 0.3) is 5.65 Å². The lowest BCUT2D eigenvalue weighted by atomic mass is 10.0. The van der Waals surface area contributed by atoms with Crippen molar-refractivity contribution in [3.63, 3.8) is 0 Å². The van der Waals surface area contributed by atoms with E-state index in [4.69, 9.17) is 5.73 Å². The molecule has 3 N–H and O–H groups in total. The molecule has 1 saturated heterocycles. The number of nitrogens with two attached hydrogens (primary N) is 1. The molecule has 1 aliphatic heterocycles. The second-order valence-corrected chi connectivity index (χ2v) is 4.61. The molecular weight excluding hydrogens is 214 g/mol. The summed E-state index contributed by atoms with van der Waals surface area (Å²) >= 11 is 0. The summed E-state index contributed by atoms with van der Waals surface area (Å²) in [6.45, 7) is 1.11. The number of hydrogen-bond acceptors (Lipinski definition) is 4. The number of rotatable bonds is 2. The van der Waals surface area contributed by atoms with Crippen molar-refractivity contribution in [1.29, 1.82) is 0 Å². The molecule has 2 aromatic heterocycles. The van der Waals surface area contributed by atoms with Crippen molar-refractivity contribution in [2.45, 2.75) is 31.7 Å². The standard InChI is InChI=1S/C12H17N5/c13-10-5-3-7-17-12(10)15-11(16-17)8-9-4-1-2-6-14-9/h3,5,7,9,14H,1-2,4,6,8,13H2. The molecule has 3 heterocycles. The van der Waals surface area contributed by atoms with Crippen molar-refractivity contribution in [3.05, 3.63) is 24.2 Å². The van der Waals surface area contributed by atoms with E-state index in [0.717, 1.165) is 24.4 Å². The van der Waals surface area contributed by atoms with Gasteiger partial charge in [-0.25, -0.2) is 9.50 Å². The topological polar surface area (TPSA) is 68.2 Å². The van der Waals surface area contributed by atoms with Gasteiger partial charge in [-0.05, 0) is 31.5 Å². The number of pyridine rings is 1. The van der Waals surface area contributed by atoms with E-state index in [9.17, 15) is 0 Å². The van der Waals surface area contributed by atoms with Gasteiger partial charge in [0.25, 0.3) is 0 Å². The Balaban J connectivity index is 1.83. The third-order valence-electron chi connectivity index (χ3n) is 3.28. The Morgan fingerprint density at radius 1 is 1.47 bits per heavy atom. The third-order valence-corrected chi connectivity index (χ3v) is 3.28. The molecule has 0 saturated carbocycles. The van der Waals surface area contributed by atoms with Crippen LogP contribution in [0.3, 0.4) is 0 Å². The summed E-state index contributed by atoms with van der Waals surface area (Å²) in [6, 6.07) is 4.26. The lowest BCUT2D eigenvalue weighted by Crippen LogP contribution is -2.35. The Hall–Kier alpha value is -1.62. The van der Waals surface area contributed by atoms with E-state index in [2.05, 4.69) is 15.4 Å². The molecule has 1 unspecified atom stereocenters. The second-order valence-electron chi connectivity index (χ2n) is 4.61. The van der Waals surface area contributed by atoms with Crippen molar-refractivity contribution in [1.82, 2.24) is 19.9 Å². The first kappa shape index (κ1) is 10.5. The molecule has 0 aliphatic carbocycles. The highest BCUT2D eigenvalue weighted by atomic mass is 15.3. The monoisotopic (exact) mass is 231 g/mol. The Kier molecular flexibility index (Phi) is 2.68. The molecule has 3 rings (SSSR count). The molecular formula is C12H17N5. The van der Waals surface area contributed by atoms with Crippen LogP contribution >= 0.6 is 0 Å². The molecule has 0 bridgehead atoms. The predicted octanol–water partition coefficient (Wildman–Crippen LogP) is 0.996. The largest absolute Gasteiger partial charge is 0.396 e. The molecule has 1 aliphatic rings. The lowest BCUT2D eigenvalue weighted by Gasteiger charge is -2.21. The van der Waals surface area contributed by atoms with Gasteiger partial charge in [-0.3, -0.25) is 0 Å². The quantitative estimate of drug-likeness (QED) is 0.809. The van der Waals surface area contributed by atoms with Gasteiger partial charge in [0.1, 0.15) is 0 Å².